The van der Waals surface area contributed by atoms with Gasteiger partial charge in [-0.1, -0.05) is 42.5 Å². The van der Waals surface area contributed by atoms with Gasteiger partial charge in [0.15, 0.2) is 0 Å². The Morgan fingerprint density at radius 1 is 0.913 bits per heavy atom. The van der Waals surface area contributed by atoms with Crippen molar-refractivity contribution in [3.63, 3.8) is 0 Å². The highest BCUT2D eigenvalue weighted by Gasteiger charge is 2.09. The van der Waals surface area contributed by atoms with Crippen LogP contribution in [-0.2, 0) is 23.1 Å². The minimum Gasteiger partial charge on any atom is -0.312 e. The summed E-state index contributed by atoms with van der Waals surface area (Å²) in [6.07, 6.45) is 2.04. The number of hydrogen-bond donors (Lipinski definition) is 2. The van der Waals surface area contributed by atoms with E-state index in [9.17, 15) is 8.42 Å². The number of nitrogens with one attached hydrogen (secondary N) is 2. The van der Waals surface area contributed by atoms with Crippen LogP contribution in [0, 0.1) is 0 Å². The van der Waals surface area contributed by atoms with Crippen LogP contribution in [0.1, 0.15) is 11.1 Å². The van der Waals surface area contributed by atoms with E-state index >= 15 is 0 Å². The topological polar surface area (TPSA) is 58.2 Å². The average Bonchev–Trinajstić information content (AvgIpc) is 2.58. The second kappa shape index (κ2) is 9.08. The molecule has 0 aliphatic carbocycles. The molecule has 0 aromatic heterocycles. The Hall–Kier alpha value is -1.34. The van der Waals surface area contributed by atoms with Gasteiger partial charge in [-0.3, -0.25) is 0 Å². The highest BCUT2D eigenvalue weighted by atomic mass is 32.2. The molecule has 4 nitrogen and oxygen atoms in total. The maximum Gasteiger partial charge on any atom is 0.213 e. The van der Waals surface area contributed by atoms with E-state index in [0.29, 0.717) is 19.6 Å². The van der Waals surface area contributed by atoms with Crippen LogP contribution in [0.2, 0.25) is 0 Å². The zero-order valence-corrected chi connectivity index (χ0v) is 14.8. The van der Waals surface area contributed by atoms with Gasteiger partial charge in [0.25, 0.3) is 0 Å². The molecular weight excluding hydrogens is 328 g/mol. The van der Waals surface area contributed by atoms with Crippen molar-refractivity contribution in [3.05, 3.63) is 65.7 Å². The summed E-state index contributed by atoms with van der Waals surface area (Å²) in [7, 11) is -3.26. The molecule has 0 aliphatic rings. The van der Waals surface area contributed by atoms with Crippen molar-refractivity contribution in [2.75, 3.05) is 18.6 Å². The van der Waals surface area contributed by atoms with Crippen molar-refractivity contribution >= 4 is 21.8 Å². The standard InChI is InChI=1S/C17H22N2O2S2/c1-22-17-9-7-16(8-10-17)13-18-11-12-23(20,21)19-14-15-5-3-2-4-6-15/h2-10,18-19H,11-14H2,1H3. The first-order chi connectivity index (χ1) is 11.1. The Bertz CT molecular complexity index is 686. The second-order valence-corrected chi connectivity index (χ2v) is 7.96. The summed E-state index contributed by atoms with van der Waals surface area (Å²) in [6.45, 7) is 1.43. The van der Waals surface area contributed by atoms with Gasteiger partial charge in [0.05, 0.1) is 5.75 Å². The zero-order chi connectivity index (χ0) is 16.5. The summed E-state index contributed by atoms with van der Waals surface area (Å²) in [5.74, 6) is 0.0722. The fourth-order valence-electron chi connectivity index (χ4n) is 2.04. The highest BCUT2D eigenvalue weighted by molar-refractivity contribution is 7.98. The van der Waals surface area contributed by atoms with Gasteiger partial charge in [-0.05, 0) is 29.5 Å². The van der Waals surface area contributed by atoms with Crippen LogP contribution in [-0.4, -0.2) is 27.0 Å². The van der Waals surface area contributed by atoms with Gasteiger partial charge in [0.2, 0.25) is 10.0 Å². The molecule has 6 heteroatoms. The molecule has 0 heterocycles. The highest BCUT2D eigenvalue weighted by Crippen LogP contribution is 2.14. The van der Waals surface area contributed by atoms with Crippen LogP contribution < -0.4 is 10.0 Å². The van der Waals surface area contributed by atoms with E-state index in [2.05, 4.69) is 34.3 Å². The Labute approximate surface area is 142 Å². The van der Waals surface area contributed by atoms with E-state index in [1.807, 2.05) is 36.6 Å². The largest absolute Gasteiger partial charge is 0.312 e. The smallest absolute Gasteiger partial charge is 0.213 e. The van der Waals surface area contributed by atoms with Gasteiger partial charge in [0.1, 0.15) is 0 Å². The molecule has 23 heavy (non-hydrogen) atoms. The van der Waals surface area contributed by atoms with Crippen LogP contribution in [0.15, 0.2) is 59.5 Å². The third kappa shape index (κ3) is 6.74. The van der Waals surface area contributed by atoms with Crippen molar-refractivity contribution < 1.29 is 8.42 Å². The summed E-state index contributed by atoms with van der Waals surface area (Å²) in [5, 5.41) is 3.17. The van der Waals surface area contributed by atoms with Crippen LogP contribution in [0.4, 0.5) is 0 Å². The minimum absolute atomic E-state index is 0.0722. The van der Waals surface area contributed by atoms with Crippen LogP contribution in [0.25, 0.3) is 0 Å². The van der Waals surface area contributed by atoms with Gasteiger partial charge in [-0.25, -0.2) is 13.1 Å². The Morgan fingerprint density at radius 2 is 1.57 bits per heavy atom. The molecule has 2 aromatic carbocycles. The first-order valence-corrected chi connectivity index (χ1v) is 10.3. The molecule has 2 N–H and O–H groups in total. The van der Waals surface area contributed by atoms with E-state index in [-0.39, 0.29) is 5.75 Å². The predicted molar refractivity (Wildman–Crippen MR) is 97.0 cm³/mol. The van der Waals surface area contributed by atoms with Crippen molar-refractivity contribution in [1.82, 2.24) is 10.0 Å². The van der Waals surface area contributed by atoms with Crippen molar-refractivity contribution in [2.24, 2.45) is 0 Å². The number of hydrogen-bond acceptors (Lipinski definition) is 4. The lowest BCUT2D eigenvalue weighted by Gasteiger charge is -2.08. The van der Waals surface area contributed by atoms with E-state index < -0.39 is 10.0 Å². The molecule has 0 fully saturated rings. The maximum atomic E-state index is 11.9. The summed E-state index contributed by atoms with van der Waals surface area (Å²) < 4.78 is 26.5. The van der Waals surface area contributed by atoms with Crippen LogP contribution in [0.5, 0.6) is 0 Å². The molecule has 0 bridgehead atoms. The maximum absolute atomic E-state index is 11.9. The molecule has 0 radical (unpaired) electrons. The van der Waals surface area contributed by atoms with Crippen molar-refractivity contribution in [1.29, 1.82) is 0 Å². The first-order valence-electron chi connectivity index (χ1n) is 7.44. The molecule has 0 spiro atoms. The minimum atomic E-state index is -3.26. The van der Waals surface area contributed by atoms with Crippen molar-refractivity contribution in [3.8, 4) is 0 Å². The quantitative estimate of drug-likeness (QED) is 0.539. The number of rotatable bonds is 9. The number of sulfonamides is 1. The first kappa shape index (κ1) is 18.0. The van der Waals surface area contributed by atoms with Crippen LogP contribution in [0.3, 0.4) is 0 Å². The molecule has 0 atom stereocenters. The summed E-state index contributed by atoms with van der Waals surface area (Å²) >= 11 is 1.70. The lowest BCUT2D eigenvalue weighted by molar-refractivity contribution is 0.576. The molecule has 0 saturated carbocycles. The Morgan fingerprint density at radius 3 is 2.22 bits per heavy atom. The van der Waals surface area contributed by atoms with E-state index in [4.69, 9.17) is 0 Å². The van der Waals surface area contributed by atoms with Crippen LogP contribution >= 0.6 is 11.8 Å². The van der Waals surface area contributed by atoms with E-state index in [1.165, 1.54) is 4.90 Å². The van der Waals surface area contributed by atoms with Gasteiger partial charge in [-0.2, -0.15) is 0 Å². The van der Waals surface area contributed by atoms with E-state index in [1.54, 1.807) is 11.8 Å². The lowest BCUT2D eigenvalue weighted by atomic mass is 10.2. The molecule has 2 rings (SSSR count). The molecule has 0 amide bonds. The molecule has 0 unspecified atom stereocenters. The Balaban J connectivity index is 1.69. The zero-order valence-electron chi connectivity index (χ0n) is 13.2. The van der Waals surface area contributed by atoms with E-state index in [0.717, 1.165) is 11.1 Å². The fraction of sp³-hybridized carbons (Fsp3) is 0.294. The molecule has 0 saturated heterocycles. The summed E-state index contributed by atoms with van der Waals surface area (Å²) in [5.41, 5.74) is 2.11. The second-order valence-electron chi connectivity index (χ2n) is 5.15. The molecule has 0 aliphatic heterocycles. The van der Waals surface area contributed by atoms with Gasteiger partial charge >= 0.3 is 0 Å². The predicted octanol–water partition coefficient (Wildman–Crippen LogP) is 2.62. The number of thioether (sulfide) groups is 1. The summed E-state index contributed by atoms with van der Waals surface area (Å²) in [6, 6.07) is 17.8. The summed E-state index contributed by atoms with van der Waals surface area (Å²) in [4.78, 5) is 1.22. The SMILES string of the molecule is CSc1ccc(CNCCS(=O)(=O)NCc2ccccc2)cc1. The van der Waals surface area contributed by atoms with Gasteiger partial charge < -0.3 is 5.32 Å². The van der Waals surface area contributed by atoms with Crippen molar-refractivity contribution in [2.45, 2.75) is 18.0 Å². The monoisotopic (exact) mass is 350 g/mol. The van der Waals surface area contributed by atoms with Gasteiger partial charge in [0, 0.05) is 24.5 Å². The molecule has 2 aromatic rings. The normalized spacial score (nSPS) is 11.5. The average molecular weight is 351 g/mol. The van der Waals surface area contributed by atoms with Gasteiger partial charge in [-0.15, -0.1) is 11.8 Å². The third-order valence-corrected chi connectivity index (χ3v) is 5.44. The molecular formula is C17H22N2O2S2. The fourth-order valence-corrected chi connectivity index (χ4v) is 3.40. The number of benzene rings is 2. The third-order valence-electron chi connectivity index (χ3n) is 3.37. The molecule has 124 valence electrons. The Kier molecular flexibility index (Phi) is 7.11. The lowest BCUT2D eigenvalue weighted by Crippen LogP contribution is -2.31.